The molecule has 3 rings (SSSR count). The molecule has 0 saturated carbocycles. The van der Waals surface area contributed by atoms with Crippen LogP contribution in [0.2, 0.25) is 5.02 Å². The van der Waals surface area contributed by atoms with Gasteiger partial charge in [-0.25, -0.2) is 0 Å². The third-order valence-corrected chi connectivity index (χ3v) is 5.60. The van der Waals surface area contributed by atoms with Crippen LogP contribution < -0.4 is 5.32 Å². The van der Waals surface area contributed by atoms with E-state index in [0.29, 0.717) is 11.2 Å². The van der Waals surface area contributed by atoms with Crippen LogP contribution in [0, 0.1) is 5.92 Å². The number of carbonyl (C=O) groups excluding carboxylic acids is 1. The Morgan fingerprint density at radius 1 is 1.20 bits per heavy atom. The van der Waals surface area contributed by atoms with Gasteiger partial charge in [0.15, 0.2) is 0 Å². The number of nitrogens with zero attached hydrogens (tertiary/aromatic N) is 1. The highest BCUT2D eigenvalue weighted by Crippen LogP contribution is 2.31. The van der Waals surface area contributed by atoms with Gasteiger partial charge in [-0.1, -0.05) is 11.6 Å². The maximum absolute atomic E-state index is 12.1. The van der Waals surface area contributed by atoms with Crippen molar-refractivity contribution in [2.45, 2.75) is 23.0 Å². The van der Waals surface area contributed by atoms with Crippen LogP contribution in [0.1, 0.15) is 12.8 Å². The van der Waals surface area contributed by atoms with Crippen LogP contribution in [-0.4, -0.2) is 42.2 Å². The summed E-state index contributed by atoms with van der Waals surface area (Å²) in [6, 6.07) is 8.02. The van der Waals surface area contributed by atoms with Crippen LogP contribution in [-0.2, 0) is 4.79 Å². The molecule has 1 aromatic rings. The normalized spacial score (nSPS) is 20.8. The molecule has 5 heteroatoms. The number of halogens is 1. The SMILES string of the molecule is O=C(C1CNC1)N1CCC(Sc2ccc(Cl)cc2)CC1. The fraction of sp³-hybridized carbons (Fsp3) is 0.533. The van der Waals surface area contributed by atoms with Crippen molar-refractivity contribution >= 4 is 29.3 Å². The fourth-order valence-corrected chi connectivity index (χ4v) is 3.87. The zero-order valence-electron chi connectivity index (χ0n) is 11.3. The highest BCUT2D eigenvalue weighted by atomic mass is 35.5. The van der Waals surface area contributed by atoms with E-state index in [1.54, 1.807) is 0 Å². The Balaban J connectivity index is 1.48. The minimum absolute atomic E-state index is 0.232. The molecule has 0 bridgehead atoms. The molecule has 1 aromatic carbocycles. The first-order valence-corrected chi connectivity index (χ1v) is 8.40. The van der Waals surface area contributed by atoms with Crippen LogP contribution in [0.3, 0.4) is 0 Å². The summed E-state index contributed by atoms with van der Waals surface area (Å²) in [5.41, 5.74) is 0. The van der Waals surface area contributed by atoms with Gasteiger partial charge in [0.05, 0.1) is 5.92 Å². The van der Waals surface area contributed by atoms with Gasteiger partial charge in [0, 0.05) is 41.3 Å². The minimum atomic E-state index is 0.232. The van der Waals surface area contributed by atoms with Gasteiger partial charge in [0.25, 0.3) is 0 Å². The monoisotopic (exact) mass is 310 g/mol. The van der Waals surface area contributed by atoms with Gasteiger partial charge >= 0.3 is 0 Å². The molecule has 1 N–H and O–H groups in total. The Morgan fingerprint density at radius 2 is 1.85 bits per heavy atom. The lowest BCUT2D eigenvalue weighted by molar-refractivity contribution is -0.137. The predicted octanol–water partition coefficient (Wildman–Crippen LogP) is 2.64. The lowest BCUT2D eigenvalue weighted by Gasteiger charge is -2.36. The molecule has 3 nitrogen and oxygen atoms in total. The number of carbonyl (C=O) groups is 1. The van der Waals surface area contributed by atoms with E-state index in [1.165, 1.54) is 4.90 Å². The Morgan fingerprint density at radius 3 is 2.40 bits per heavy atom. The van der Waals surface area contributed by atoms with Crippen LogP contribution in [0.15, 0.2) is 29.2 Å². The molecule has 0 unspecified atom stereocenters. The topological polar surface area (TPSA) is 32.3 Å². The molecule has 2 aliphatic heterocycles. The van der Waals surface area contributed by atoms with Crippen molar-refractivity contribution in [2.24, 2.45) is 5.92 Å². The second-order valence-electron chi connectivity index (χ2n) is 5.45. The number of likely N-dealkylation sites (tertiary alicyclic amines) is 1. The van der Waals surface area contributed by atoms with Crippen molar-refractivity contribution in [3.05, 3.63) is 29.3 Å². The third kappa shape index (κ3) is 3.30. The summed E-state index contributed by atoms with van der Waals surface area (Å²) in [4.78, 5) is 15.5. The zero-order chi connectivity index (χ0) is 13.9. The molecule has 2 fully saturated rings. The molecule has 2 aliphatic rings. The second-order valence-corrected chi connectivity index (χ2v) is 7.26. The van der Waals surface area contributed by atoms with Crippen molar-refractivity contribution in [3.8, 4) is 0 Å². The first kappa shape index (κ1) is 14.2. The first-order chi connectivity index (χ1) is 9.72. The smallest absolute Gasteiger partial charge is 0.228 e. The van der Waals surface area contributed by atoms with Crippen LogP contribution in [0.4, 0.5) is 0 Å². The average molecular weight is 311 g/mol. The van der Waals surface area contributed by atoms with E-state index in [2.05, 4.69) is 17.4 Å². The number of thioether (sulfide) groups is 1. The van der Waals surface area contributed by atoms with Crippen LogP contribution in [0.5, 0.6) is 0 Å². The standard InChI is InChI=1S/C15H19ClN2OS/c16-12-1-3-13(4-2-12)20-14-5-7-18(8-6-14)15(19)11-9-17-10-11/h1-4,11,14,17H,5-10H2. The lowest BCUT2D eigenvalue weighted by atomic mass is 10.00. The fourth-order valence-electron chi connectivity index (χ4n) is 2.62. The number of benzene rings is 1. The molecular formula is C15H19ClN2OS. The van der Waals surface area contributed by atoms with Gasteiger partial charge in [-0.05, 0) is 37.1 Å². The molecule has 0 spiro atoms. The van der Waals surface area contributed by atoms with Gasteiger partial charge in [-0.2, -0.15) is 0 Å². The quantitative estimate of drug-likeness (QED) is 0.931. The van der Waals surface area contributed by atoms with E-state index < -0.39 is 0 Å². The van der Waals surface area contributed by atoms with E-state index in [9.17, 15) is 4.79 Å². The molecular weight excluding hydrogens is 292 g/mol. The minimum Gasteiger partial charge on any atom is -0.342 e. The Bertz CT molecular complexity index is 467. The third-order valence-electron chi connectivity index (χ3n) is 4.00. The zero-order valence-corrected chi connectivity index (χ0v) is 12.9. The van der Waals surface area contributed by atoms with Gasteiger partial charge in [0.2, 0.25) is 5.91 Å². The molecule has 2 heterocycles. The van der Waals surface area contributed by atoms with Gasteiger partial charge < -0.3 is 10.2 Å². The Labute approximate surface area is 129 Å². The largest absolute Gasteiger partial charge is 0.342 e. The van der Waals surface area contributed by atoms with E-state index >= 15 is 0 Å². The molecule has 0 aliphatic carbocycles. The summed E-state index contributed by atoms with van der Waals surface area (Å²) in [5.74, 6) is 0.578. The Kier molecular flexibility index (Phi) is 4.54. The van der Waals surface area contributed by atoms with Gasteiger partial charge in [0.1, 0.15) is 0 Å². The number of nitrogens with one attached hydrogen (secondary N) is 1. The lowest BCUT2D eigenvalue weighted by Crippen LogP contribution is -2.53. The predicted molar refractivity (Wildman–Crippen MR) is 83.3 cm³/mol. The number of piperidine rings is 1. The maximum atomic E-state index is 12.1. The molecule has 1 amide bonds. The summed E-state index contributed by atoms with van der Waals surface area (Å²) in [7, 11) is 0. The number of hydrogen-bond acceptors (Lipinski definition) is 3. The van der Waals surface area contributed by atoms with E-state index in [1.807, 2.05) is 28.8 Å². The van der Waals surface area contributed by atoms with E-state index in [4.69, 9.17) is 11.6 Å². The van der Waals surface area contributed by atoms with Crippen molar-refractivity contribution in [2.75, 3.05) is 26.2 Å². The summed E-state index contributed by atoms with van der Waals surface area (Å²) >= 11 is 7.80. The molecule has 2 saturated heterocycles. The summed E-state index contributed by atoms with van der Waals surface area (Å²) in [6.07, 6.45) is 2.17. The molecule has 0 radical (unpaired) electrons. The number of amides is 1. The van der Waals surface area contributed by atoms with Crippen molar-refractivity contribution in [1.29, 1.82) is 0 Å². The molecule has 0 aromatic heterocycles. The Hall–Kier alpha value is -0.710. The molecule has 20 heavy (non-hydrogen) atoms. The summed E-state index contributed by atoms with van der Waals surface area (Å²) in [5, 5.41) is 4.56. The number of rotatable bonds is 3. The molecule has 0 atom stereocenters. The van der Waals surface area contributed by atoms with Crippen LogP contribution >= 0.6 is 23.4 Å². The highest BCUT2D eigenvalue weighted by Gasteiger charge is 2.31. The highest BCUT2D eigenvalue weighted by molar-refractivity contribution is 8.00. The summed E-state index contributed by atoms with van der Waals surface area (Å²) < 4.78 is 0. The van der Waals surface area contributed by atoms with Gasteiger partial charge in [-0.15, -0.1) is 11.8 Å². The summed E-state index contributed by atoms with van der Waals surface area (Å²) in [6.45, 7) is 3.53. The van der Waals surface area contributed by atoms with Crippen molar-refractivity contribution in [3.63, 3.8) is 0 Å². The van der Waals surface area contributed by atoms with E-state index in [-0.39, 0.29) is 5.92 Å². The van der Waals surface area contributed by atoms with Crippen molar-refractivity contribution in [1.82, 2.24) is 10.2 Å². The van der Waals surface area contributed by atoms with Crippen molar-refractivity contribution < 1.29 is 4.79 Å². The second kappa shape index (κ2) is 6.37. The molecule has 108 valence electrons. The maximum Gasteiger partial charge on any atom is 0.228 e. The average Bonchev–Trinajstić information content (AvgIpc) is 2.40. The van der Waals surface area contributed by atoms with E-state index in [0.717, 1.165) is 44.0 Å². The number of hydrogen-bond donors (Lipinski definition) is 1. The van der Waals surface area contributed by atoms with Crippen LogP contribution in [0.25, 0.3) is 0 Å². The first-order valence-electron chi connectivity index (χ1n) is 7.14. The van der Waals surface area contributed by atoms with Gasteiger partial charge in [-0.3, -0.25) is 4.79 Å².